The Labute approximate surface area is 221 Å². The predicted molar refractivity (Wildman–Crippen MR) is 142 cm³/mol. The van der Waals surface area contributed by atoms with Crippen molar-refractivity contribution in [3.63, 3.8) is 0 Å². The SMILES string of the molecule is CC(C)(C)OC(=O)N[C@@H](Cc1c[nH]c2ccccc12)C(=O)N(Cc1ccccc1)[C@H](CCC(=O)O)C(N)=O. The quantitative estimate of drug-likeness (QED) is 0.303. The molecule has 10 nitrogen and oxygen atoms in total. The van der Waals surface area contributed by atoms with Gasteiger partial charge in [-0.15, -0.1) is 0 Å². The van der Waals surface area contributed by atoms with E-state index in [1.807, 2.05) is 30.3 Å². The number of hydrogen-bond acceptors (Lipinski definition) is 5. The molecule has 0 bridgehead atoms. The number of hydrogen-bond donors (Lipinski definition) is 4. The van der Waals surface area contributed by atoms with Crippen LogP contribution in [0.2, 0.25) is 0 Å². The molecule has 0 saturated carbocycles. The monoisotopic (exact) mass is 522 g/mol. The third-order valence-electron chi connectivity index (χ3n) is 5.90. The number of alkyl carbamates (subject to hydrolysis) is 1. The number of nitrogens with one attached hydrogen (secondary N) is 2. The second kappa shape index (κ2) is 12.3. The fourth-order valence-electron chi connectivity index (χ4n) is 4.20. The fraction of sp³-hybridized carbons (Fsp3) is 0.357. The van der Waals surface area contributed by atoms with Gasteiger partial charge in [-0.1, -0.05) is 48.5 Å². The van der Waals surface area contributed by atoms with Crippen LogP contribution in [0.25, 0.3) is 10.9 Å². The average Bonchev–Trinajstić information content (AvgIpc) is 3.24. The number of carboxylic acids is 1. The van der Waals surface area contributed by atoms with Crippen molar-refractivity contribution in [1.29, 1.82) is 0 Å². The standard InChI is InChI=1S/C28H34N4O6/c1-28(2,3)38-27(37)31-22(15-19-16-30-21-12-8-7-11-20(19)21)26(36)32(17-18-9-5-4-6-10-18)23(25(29)35)13-14-24(33)34/h4-12,16,22-23,30H,13-15,17H2,1-3H3,(H2,29,35)(H,31,37)(H,33,34)/t22-,23+/m0/s1. The summed E-state index contributed by atoms with van der Waals surface area (Å²) in [5, 5.41) is 12.8. The molecule has 0 fully saturated rings. The Morgan fingerprint density at radius 3 is 2.34 bits per heavy atom. The maximum absolute atomic E-state index is 14.1. The maximum atomic E-state index is 14.1. The van der Waals surface area contributed by atoms with E-state index in [9.17, 15) is 24.3 Å². The number of carbonyl (C=O) groups is 4. The first-order valence-electron chi connectivity index (χ1n) is 12.3. The Morgan fingerprint density at radius 1 is 1.05 bits per heavy atom. The van der Waals surface area contributed by atoms with Crippen LogP contribution in [0.4, 0.5) is 4.79 Å². The lowest BCUT2D eigenvalue weighted by atomic mass is 10.0. The summed E-state index contributed by atoms with van der Waals surface area (Å²) in [6.45, 7) is 5.12. The molecule has 1 heterocycles. The number of amides is 3. The van der Waals surface area contributed by atoms with E-state index in [0.717, 1.165) is 16.5 Å². The number of fused-ring (bicyclic) bond motifs is 1. The van der Waals surface area contributed by atoms with Gasteiger partial charge in [0.2, 0.25) is 11.8 Å². The van der Waals surface area contributed by atoms with E-state index >= 15 is 0 Å². The Bertz CT molecular complexity index is 1280. The number of aromatic amines is 1. The summed E-state index contributed by atoms with van der Waals surface area (Å²) in [6.07, 6.45) is 0.530. The van der Waals surface area contributed by atoms with Gasteiger partial charge in [-0.25, -0.2) is 4.79 Å². The molecule has 2 aromatic carbocycles. The first-order valence-corrected chi connectivity index (χ1v) is 12.3. The number of nitrogens with two attached hydrogens (primary N) is 1. The number of primary amides is 1. The van der Waals surface area contributed by atoms with Gasteiger partial charge in [-0.05, 0) is 44.4 Å². The van der Waals surface area contributed by atoms with Crippen molar-refractivity contribution in [1.82, 2.24) is 15.2 Å². The summed E-state index contributed by atoms with van der Waals surface area (Å²) in [4.78, 5) is 55.1. The van der Waals surface area contributed by atoms with Crippen molar-refractivity contribution >= 4 is 34.8 Å². The average molecular weight is 523 g/mol. The van der Waals surface area contributed by atoms with Crippen LogP contribution in [-0.4, -0.2) is 56.6 Å². The highest BCUT2D eigenvalue weighted by Gasteiger charge is 2.35. The number of ether oxygens (including phenoxy) is 1. The Morgan fingerprint density at radius 2 is 1.71 bits per heavy atom. The number of benzene rings is 2. The normalized spacial score (nSPS) is 12.9. The number of carboxylic acid groups (broad SMARTS) is 1. The Balaban J connectivity index is 2.00. The van der Waals surface area contributed by atoms with E-state index in [-0.39, 0.29) is 25.8 Å². The summed E-state index contributed by atoms with van der Waals surface area (Å²) < 4.78 is 5.41. The van der Waals surface area contributed by atoms with E-state index < -0.39 is 41.6 Å². The summed E-state index contributed by atoms with van der Waals surface area (Å²) in [5.74, 6) is -2.54. The molecule has 2 atom stereocenters. The summed E-state index contributed by atoms with van der Waals surface area (Å²) in [7, 11) is 0. The minimum absolute atomic E-state index is 0.00666. The maximum Gasteiger partial charge on any atom is 0.408 e. The molecule has 3 amide bonds. The number of H-pyrrole nitrogens is 1. The zero-order chi connectivity index (χ0) is 27.9. The molecule has 0 spiro atoms. The van der Waals surface area contributed by atoms with E-state index in [1.165, 1.54) is 4.90 Å². The van der Waals surface area contributed by atoms with Crippen LogP contribution in [0, 0.1) is 0 Å². The van der Waals surface area contributed by atoms with E-state index in [0.29, 0.717) is 5.56 Å². The minimum atomic E-state index is -1.20. The second-order valence-electron chi connectivity index (χ2n) is 10.1. The third kappa shape index (κ3) is 7.83. The van der Waals surface area contributed by atoms with Gasteiger partial charge < -0.3 is 30.8 Å². The van der Waals surface area contributed by atoms with Crippen molar-refractivity contribution in [2.45, 2.75) is 64.3 Å². The van der Waals surface area contributed by atoms with Crippen molar-refractivity contribution in [3.8, 4) is 0 Å². The smallest absolute Gasteiger partial charge is 0.408 e. The van der Waals surface area contributed by atoms with Gasteiger partial charge in [-0.2, -0.15) is 0 Å². The lowest BCUT2D eigenvalue weighted by molar-refractivity contribution is -0.144. The predicted octanol–water partition coefficient (Wildman–Crippen LogP) is 3.35. The number of rotatable bonds is 11. The third-order valence-corrected chi connectivity index (χ3v) is 5.90. The van der Waals surface area contributed by atoms with E-state index in [2.05, 4.69) is 10.3 Å². The molecule has 0 aliphatic rings. The molecular weight excluding hydrogens is 488 g/mol. The molecule has 0 aliphatic heterocycles. The number of para-hydroxylation sites is 1. The van der Waals surface area contributed by atoms with Gasteiger partial charge in [0.25, 0.3) is 0 Å². The molecule has 0 aliphatic carbocycles. The van der Waals surface area contributed by atoms with E-state index in [1.54, 1.807) is 51.2 Å². The van der Waals surface area contributed by atoms with Gasteiger partial charge in [0, 0.05) is 36.5 Å². The van der Waals surface area contributed by atoms with E-state index in [4.69, 9.17) is 10.5 Å². The van der Waals surface area contributed by atoms with Gasteiger partial charge in [-0.3, -0.25) is 14.4 Å². The topological polar surface area (TPSA) is 155 Å². The summed E-state index contributed by atoms with van der Waals surface area (Å²) >= 11 is 0. The van der Waals surface area contributed by atoms with Crippen LogP contribution in [0.15, 0.2) is 60.8 Å². The highest BCUT2D eigenvalue weighted by molar-refractivity contribution is 5.92. The van der Waals surface area contributed by atoms with Crippen LogP contribution in [0.5, 0.6) is 0 Å². The van der Waals surface area contributed by atoms with Gasteiger partial charge in [0.05, 0.1) is 0 Å². The second-order valence-corrected chi connectivity index (χ2v) is 10.1. The molecule has 202 valence electrons. The summed E-state index contributed by atoms with van der Waals surface area (Å²) in [5.41, 5.74) is 7.21. The van der Waals surface area contributed by atoms with Crippen molar-refractivity contribution < 1.29 is 29.0 Å². The number of aromatic nitrogens is 1. The first kappa shape index (κ1) is 28.2. The lowest BCUT2D eigenvalue weighted by Crippen LogP contribution is -2.56. The molecule has 5 N–H and O–H groups in total. The molecule has 0 radical (unpaired) electrons. The van der Waals surface area contributed by atoms with Crippen LogP contribution in [0.3, 0.4) is 0 Å². The van der Waals surface area contributed by atoms with Crippen LogP contribution < -0.4 is 11.1 Å². The van der Waals surface area contributed by atoms with Gasteiger partial charge >= 0.3 is 12.1 Å². The number of aliphatic carboxylic acids is 1. The highest BCUT2D eigenvalue weighted by Crippen LogP contribution is 2.22. The lowest BCUT2D eigenvalue weighted by Gasteiger charge is -2.33. The minimum Gasteiger partial charge on any atom is -0.481 e. The zero-order valence-electron chi connectivity index (χ0n) is 21.8. The summed E-state index contributed by atoms with van der Waals surface area (Å²) in [6, 6.07) is 14.2. The molecule has 38 heavy (non-hydrogen) atoms. The molecular formula is C28H34N4O6. The largest absolute Gasteiger partial charge is 0.481 e. The number of carbonyl (C=O) groups excluding carboxylic acids is 3. The first-order chi connectivity index (χ1) is 17.9. The zero-order valence-corrected chi connectivity index (χ0v) is 21.8. The van der Waals surface area contributed by atoms with Crippen LogP contribution >= 0.6 is 0 Å². The molecule has 10 heteroatoms. The van der Waals surface area contributed by atoms with Gasteiger partial charge in [0.15, 0.2) is 0 Å². The molecule has 0 unspecified atom stereocenters. The molecule has 0 saturated heterocycles. The van der Waals surface area contributed by atoms with Crippen molar-refractivity contribution in [2.75, 3.05) is 0 Å². The van der Waals surface area contributed by atoms with Crippen molar-refractivity contribution in [3.05, 3.63) is 71.9 Å². The molecule has 3 rings (SSSR count). The van der Waals surface area contributed by atoms with Crippen LogP contribution in [0.1, 0.15) is 44.7 Å². The fourth-order valence-corrected chi connectivity index (χ4v) is 4.20. The van der Waals surface area contributed by atoms with Crippen LogP contribution in [-0.2, 0) is 32.1 Å². The Kier molecular flexibility index (Phi) is 9.11. The van der Waals surface area contributed by atoms with Crippen molar-refractivity contribution in [2.24, 2.45) is 5.73 Å². The number of nitrogens with zero attached hydrogens (tertiary/aromatic N) is 1. The van der Waals surface area contributed by atoms with Gasteiger partial charge in [0.1, 0.15) is 17.7 Å². The molecule has 3 aromatic rings. The highest BCUT2D eigenvalue weighted by atomic mass is 16.6. The Hall–Kier alpha value is -4.34. The molecule has 1 aromatic heterocycles.